The Balaban J connectivity index is 2.52. The monoisotopic (exact) mass is 208 g/mol. The van der Waals surface area contributed by atoms with Crippen LogP contribution < -0.4 is 0 Å². The molecule has 3 heteroatoms. The average Bonchev–Trinajstić information content (AvgIpc) is 2.18. The minimum Gasteiger partial charge on any atom is -0.379 e. The predicted octanol–water partition coefficient (Wildman–Crippen LogP) is 2.57. The molecule has 0 N–H and O–H groups in total. The highest BCUT2D eigenvalue weighted by molar-refractivity contribution is 5.09. The van der Waals surface area contributed by atoms with Crippen LogP contribution in [0.5, 0.6) is 0 Å². The van der Waals surface area contributed by atoms with Gasteiger partial charge in [-0.1, -0.05) is 13.8 Å². The largest absolute Gasteiger partial charge is 0.379 e. The minimum atomic E-state index is 0.0309. The molecule has 15 heavy (non-hydrogen) atoms. The van der Waals surface area contributed by atoms with E-state index in [0.29, 0.717) is 6.10 Å². The molecule has 1 aromatic rings. The molecular weight excluding hydrogens is 188 g/mol. The molecule has 84 valence electrons. The lowest BCUT2D eigenvalue weighted by Crippen LogP contribution is -2.22. The number of hydrogen-bond acceptors (Lipinski definition) is 3. The zero-order chi connectivity index (χ0) is 11.3. The maximum Gasteiger partial charge on any atom is 0.0643 e. The Hall–Kier alpha value is -0.960. The SMILES string of the molecule is CC(C)OCCC(C)(C)c1cnccn1. The summed E-state index contributed by atoms with van der Waals surface area (Å²) in [5.74, 6) is 0. The lowest BCUT2D eigenvalue weighted by atomic mass is 9.86. The molecule has 0 bridgehead atoms. The smallest absolute Gasteiger partial charge is 0.0643 e. The van der Waals surface area contributed by atoms with Crippen molar-refractivity contribution in [2.45, 2.75) is 45.6 Å². The Labute approximate surface area is 91.9 Å². The number of hydrogen-bond donors (Lipinski definition) is 0. The molecule has 1 heterocycles. The number of rotatable bonds is 5. The first-order valence-electron chi connectivity index (χ1n) is 5.40. The molecule has 1 rings (SSSR count). The van der Waals surface area contributed by atoms with Gasteiger partial charge in [-0.3, -0.25) is 9.97 Å². The van der Waals surface area contributed by atoms with Crippen molar-refractivity contribution >= 4 is 0 Å². The van der Waals surface area contributed by atoms with E-state index in [2.05, 4.69) is 37.7 Å². The van der Waals surface area contributed by atoms with Crippen molar-refractivity contribution in [1.82, 2.24) is 9.97 Å². The molecule has 0 aliphatic rings. The fourth-order valence-corrected chi connectivity index (χ4v) is 1.33. The number of aromatic nitrogens is 2. The third kappa shape index (κ3) is 3.96. The molecule has 0 atom stereocenters. The van der Waals surface area contributed by atoms with Gasteiger partial charge in [0.25, 0.3) is 0 Å². The van der Waals surface area contributed by atoms with Crippen LogP contribution in [0.1, 0.15) is 39.8 Å². The van der Waals surface area contributed by atoms with Gasteiger partial charge in [-0.15, -0.1) is 0 Å². The first-order valence-corrected chi connectivity index (χ1v) is 5.40. The third-order valence-corrected chi connectivity index (χ3v) is 2.43. The van der Waals surface area contributed by atoms with Gasteiger partial charge in [-0.25, -0.2) is 0 Å². The normalized spacial score (nSPS) is 12.1. The van der Waals surface area contributed by atoms with E-state index >= 15 is 0 Å². The van der Waals surface area contributed by atoms with Gasteiger partial charge in [0.05, 0.1) is 11.8 Å². The van der Waals surface area contributed by atoms with Crippen molar-refractivity contribution < 1.29 is 4.74 Å². The van der Waals surface area contributed by atoms with Crippen LogP contribution in [-0.2, 0) is 10.2 Å². The molecule has 0 spiro atoms. The first-order chi connectivity index (χ1) is 7.02. The molecule has 3 nitrogen and oxygen atoms in total. The second-order valence-corrected chi connectivity index (χ2v) is 4.64. The second-order valence-electron chi connectivity index (χ2n) is 4.64. The van der Waals surface area contributed by atoms with Gasteiger partial charge in [0.1, 0.15) is 0 Å². The van der Waals surface area contributed by atoms with Gasteiger partial charge < -0.3 is 4.74 Å². The Morgan fingerprint density at radius 2 is 2.07 bits per heavy atom. The highest BCUT2D eigenvalue weighted by atomic mass is 16.5. The summed E-state index contributed by atoms with van der Waals surface area (Å²) in [6.45, 7) is 9.20. The lowest BCUT2D eigenvalue weighted by Gasteiger charge is -2.23. The number of ether oxygens (including phenoxy) is 1. The minimum absolute atomic E-state index is 0.0309. The van der Waals surface area contributed by atoms with Crippen LogP contribution in [0, 0.1) is 0 Å². The topological polar surface area (TPSA) is 35.0 Å². The van der Waals surface area contributed by atoms with Crippen LogP contribution in [0.25, 0.3) is 0 Å². The van der Waals surface area contributed by atoms with E-state index in [4.69, 9.17) is 4.74 Å². The second kappa shape index (κ2) is 5.21. The summed E-state index contributed by atoms with van der Waals surface area (Å²) in [5, 5.41) is 0. The van der Waals surface area contributed by atoms with Crippen molar-refractivity contribution in [2.24, 2.45) is 0 Å². The van der Waals surface area contributed by atoms with E-state index in [1.165, 1.54) is 0 Å². The van der Waals surface area contributed by atoms with Crippen molar-refractivity contribution in [1.29, 1.82) is 0 Å². The molecule has 1 aromatic heterocycles. The van der Waals surface area contributed by atoms with E-state index in [0.717, 1.165) is 18.7 Å². The van der Waals surface area contributed by atoms with Gasteiger partial charge >= 0.3 is 0 Å². The van der Waals surface area contributed by atoms with Crippen LogP contribution in [0.15, 0.2) is 18.6 Å². The zero-order valence-corrected chi connectivity index (χ0v) is 10.0. The molecule has 0 aromatic carbocycles. The lowest BCUT2D eigenvalue weighted by molar-refractivity contribution is 0.0668. The van der Waals surface area contributed by atoms with E-state index in [9.17, 15) is 0 Å². The summed E-state index contributed by atoms with van der Waals surface area (Å²) in [4.78, 5) is 8.42. The summed E-state index contributed by atoms with van der Waals surface area (Å²) in [6.07, 6.45) is 6.52. The highest BCUT2D eigenvalue weighted by Crippen LogP contribution is 2.24. The van der Waals surface area contributed by atoms with E-state index in [1.54, 1.807) is 12.4 Å². The molecule has 0 unspecified atom stereocenters. The van der Waals surface area contributed by atoms with Crippen LogP contribution in [-0.4, -0.2) is 22.7 Å². The van der Waals surface area contributed by atoms with Gasteiger partial charge in [0.15, 0.2) is 0 Å². The summed E-state index contributed by atoms with van der Waals surface area (Å²) in [5.41, 5.74) is 1.06. The van der Waals surface area contributed by atoms with Gasteiger partial charge in [-0.2, -0.15) is 0 Å². The summed E-state index contributed by atoms with van der Waals surface area (Å²) >= 11 is 0. The predicted molar refractivity (Wildman–Crippen MR) is 60.8 cm³/mol. The van der Waals surface area contributed by atoms with Crippen molar-refractivity contribution in [2.75, 3.05) is 6.61 Å². The molecule has 0 saturated carbocycles. The fraction of sp³-hybridized carbons (Fsp3) is 0.667. The van der Waals surface area contributed by atoms with E-state index in [-0.39, 0.29) is 5.41 Å². The van der Waals surface area contributed by atoms with E-state index < -0.39 is 0 Å². The Morgan fingerprint density at radius 1 is 1.33 bits per heavy atom. The Bertz CT molecular complexity index is 283. The maximum atomic E-state index is 5.55. The molecule has 0 aliphatic heterocycles. The molecule has 0 radical (unpaired) electrons. The summed E-state index contributed by atoms with van der Waals surface area (Å²) in [7, 11) is 0. The van der Waals surface area contributed by atoms with Gasteiger partial charge in [0.2, 0.25) is 0 Å². The van der Waals surface area contributed by atoms with Gasteiger partial charge in [-0.05, 0) is 20.3 Å². The quantitative estimate of drug-likeness (QED) is 0.746. The Morgan fingerprint density at radius 3 is 2.60 bits per heavy atom. The molecular formula is C12H20N2O. The van der Waals surface area contributed by atoms with Crippen LogP contribution in [0.3, 0.4) is 0 Å². The average molecular weight is 208 g/mol. The van der Waals surface area contributed by atoms with Gasteiger partial charge in [0, 0.05) is 30.6 Å². The highest BCUT2D eigenvalue weighted by Gasteiger charge is 2.22. The van der Waals surface area contributed by atoms with Crippen LogP contribution >= 0.6 is 0 Å². The zero-order valence-electron chi connectivity index (χ0n) is 10.0. The van der Waals surface area contributed by atoms with Crippen LogP contribution in [0.4, 0.5) is 0 Å². The summed E-state index contributed by atoms with van der Waals surface area (Å²) in [6, 6.07) is 0. The van der Waals surface area contributed by atoms with Crippen molar-refractivity contribution in [3.63, 3.8) is 0 Å². The standard InChI is InChI=1S/C12H20N2O/c1-10(2)15-8-5-12(3,4)11-9-13-6-7-14-11/h6-7,9-10H,5,8H2,1-4H3. The molecule has 0 amide bonds. The van der Waals surface area contributed by atoms with E-state index in [1.807, 2.05) is 6.20 Å². The Kier molecular flexibility index (Phi) is 4.21. The third-order valence-electron chi connectivity index (χ3n) is 2.43. The maximum absolute atomic E-state index is 5.55. The van der Waals surface area contributed by atoms with Crippen molar-refractivity contribution in [3.05, 3.63) is 24.3 Å². The molecule has 0 saturated heterocycles. The van der Waals surface area contributed by atoms with Crippen molar-refractivity contribution in [3.8, 4) is 0 Å². The molecule has 0 aliphatic carbocycles. The molecule has 0 fully saturated rings. The fourth-order valence-electron chi connectivity index (χ4n) is 1.33. The number of nitrogens with zero attached hydrogens (tertiary/aromatic N) is 2. The van der Waals surface area contributed by atoms with Crippen LogP contribution in [0.2, 0.25) is 0 Å². The summed E-state index contributed by atoms with van der Waals surface area (Å²) < 4.78 is 5.55. The first kappa shape index (κ1) is 12.1.